The predicted octanol–water partition coefficient (Wildman–Crippen LogP) is 5.84. The molecule has 1 aliphatic rings. The molecule has 13 nitrogen and oxygen atoms in total. The fourth-order valence-corrected chi connectivity index (χ4v) is 9.23. The van der Waals surface area contributed by atoms with Gasteiger partial charge in [-0.2, -0.15) is 0 Å². The number of nitrogens with two attached hydrogens (primary N) is 1. The van der Waals surface area contributed by atoms with E-state index in [2.05, 4.69) is 24.1 Å². The maximum Gasteiger partial charge on any atom is 0.226 e. The number of likely N-dealkylation sites (tertiary alicyclic amines) is 1. The normalized spacial score (nSPS) is 18.3. The first-order valence-corrected chi connectivity index (χ1v) is 22.2. The smallest absolute Gasteiger partial charge is 0.226 e. The number of ether oxygens (including phenoxy) is 2. The van der Waals surface area contributed by atoms with E-state index < -0.39 is 36.0 Å². The topological polar surface area (TPSA) is 164 Å². The molecule has 3 amide bonds. The third-order valence-electron chi connectivity index (χ3n) is 12.9. The molecule has 61 heavy (non-hydrogen) atoms. The molecule has 340 valence electrons. The fraction of sp³-hybridized carbons (Fsp3) is 0.667. The van der Waals surface area contributed by atoms with Gasteiger partial charge < -0.3 is 30.3 Å². The lowest BCUT2D eigenvalue weighted by Gasteiger charge is -2.41. The Morgan fingerprint density at radius 3 is 2.10 bits per heavy atom. The van der Waals surface area contributed by atoms with Gasteiger partial charge in [-0.1, -0.05) is 73.1 Å². The zero-order valence-corrected chi connectivity index (χ0v) is 39.1. The number of pyridine rings is 1. The molecule has 1 fully saturated rings. The van der Waals surface area contributed by atoms with Crippen LogP contribution in [0.25, 0.3) is 0 Å². The maximum atomic E-state index is 14.4. The first-order valence-electron chi connectivity index (χ1n) is 22.2. The second kappa shape index (κ2) is 24.4. The molecule has 3 rings (SSSR count). The number of ketones is 2. The predicted molar refractivity (Wildman–Crippen MR) is 240 cm³/mol. The number of nitrogen functional groups attached to an aromatic ring is 1. The van der Waals surface area contributed by atoms with Gasteiger partial charge in [-0.15, -0.1) is 0 Å². The monoisotopic (exact) mass is 849 g/mol. The van der Waals surface area contributed by atoms with Crippen LogP contribution in [0.2, 0.25) is 0 Å². The Hall–Kier alpha value is -4.20. The van der Waals surface area contributed by atoms with E-state index in [4.69, 9.17) is 15.2 Å². The highest BCUT2D eigenvalue weighted by Crippen LogP contribution is 2.32. The SMILES string of the molecule is CC[C@H](C)[C@@H]([C@@H](CC(=O)N1CCC[C@H]1[C@H](OC)[C@@H](C)C(=O)C[C@@H](Cc1ccccn1)C(=O)NCc1ccc(N)cc1)OC)N(C)C(=O)[C@@H](CC(=O)[C@H](C(C)C)N(C)C)C(C)C. The van der Waals surface area contributed by atoms with Gasteiger partial charge >= 0.3 is 0 Å². The fourth-order valence-electron chi connectivity index (χ4n) is 9.23. The Morgan fingerprint density at radius 2 is 1.56 bits per heavy atom. The zero-order valence-electron chi connectivity index (χ0n) is 39.1. The number of nitrogens with zero attached hydrogens (tertiary/aromatic N) is 4. The molecule has 1 saturated heterocycles. The molecule has 9 atom stereocenters. The largest absolute Gasteiger partial charge is 0.399 e. The second-order valence-electron chi connectivity index (χ2n) is 18.1. The molecule has 0 spiro atoms. The Kier molecular flexibility index (Phi) is 20.5. The molecule has 3 N–H and O–H groups in total. The van der Waals surface area contributed by atoms with Crippen molar-refractivity contribution >= 4 is 35.0 Å². The zero-order chi connectivity index (χ0) is 45.6. The van der Waals surface area contributed by atoms with Crippen molar-refractivity contribution in [3.8, 4) is 0 Å². The summed E-state index contributed by atoms with van der Waals surface area (Å²) in [6.45, 7) is 14.7. The van der Waals surface area contributed by atoms with Crippen molar-refractivity contribution < 1.29 is 33.4 Å². The molecule has 1 aromatic heterocycles. The van der Waals surface area contributed by atoms with Gasteiger partial charge in [-0.3, -0.25) is 33.9 Å². The van der Waals surface area contributed by atoms with Gasteiger partial charge in [0.05, 0.1) is 42.7 Å². The van der Waals surface area contributed by atoms with Gasteiger partial charge in [0.15, 0.2) is 5.78 Å². The molecule has 0 radical (unpaired) electrons. The number of rotatable bonds is 25. The second-order valence-corrected chi connectivity index (χ2v) is 18.1. The minimum atomic E-state index is -0.671. The molecule has 1 aliphatic heterocycles. The van der Waals surface area contributed by atoms with E-state index in [1.807, 2.05) is 88.8 Å². The average Bonchev–Trinajstić information content (AvgIpc) is 3.71. The number of aromatic nitrogens is 1. The van der Waals surface area contributed by atoms with Gasteiger partial charge in [0.2, 0.25) is 17.7 Å². The van der Waals surface area contributed by atoms with E-state index in [0.717, 1.165) is 18.4 Å². The summed E-state index contributed by atoms with van der Waals surface area (Å²) < 4.78 is 12.1. The lowest BCUT2D eigenvalue weighted by molar-refractivity contribution is -0.149. The van der Waals surface area contributed by atoms with Crippen molar-refractivity contribution in [2.24, 2.45) is 35.5 Å². The van der Waals surface area contributed by atoms with Crippen LogP contribution in [-0.4, -0.2) is 121 Å². The van der Waals surface area contributed by atoms with Crippen molar-refractivity contribution in [1.82, 2.24) is 25.0 Å². The lowest BCUT2D eigenvalue weighted by atomic mass is 9.83. The Labute approximate surface area is 365 Å². The number of nitrogens with one attached hydrogen (secondary N) is 1. The number of amides is 3. The van der Waals surface area contributed by atoms with E-state index in [-0.39, 0.29) is 84.8 Å². The summed E-state index contributed by atoms with van der Waals surface area (Å²) in [5.41, 5.74) is 8.07. The lowest BCUT2D eigenvalue weighted by Crippen LogP contribution is -2.54. The highest BCUT2D eigenvalue weighted by molar-refractivity contribution is 5.90. The number of anilines is 1. The van der Waals surface area contributed by atoms with Gasteiger partial charge in [0, 0.05) is 83.0 Å². The number of benzene rings is 1. The highest BCUT2D eigenvalue weighted by Gasteiger charge is 2.43. The summed E-state index contributed by atoms with van der Waals surface area (Å²) in [6, 6.07) is 11.7. The van der Waals surface area contributed by atoms with Crippen LogP contribution < -0.4 is 11.1 Å². The first-order chi connectivity index (χ1) is 28.9. The van der Waals surface area contributed by atoms with E-state index in [9.17, 15) is 24.0 Å². The van der Waals surface area contributed by atoms with E-state index in [0.29, 0.717) is 30.9 Å². The summed E-state index contributed by atoms with van der Waals surface area (Å²) in [5, 5.41) is 3.00. The van der Waals surface area contributed by atoms with Crippen LogP contribution in [0.5, 0.6) is 0 Å². The first kappa shape index (κ1) is 51.2. The molecule has 0 aliphatic carbocycles. The molecule has 0 saturated carbocycles. The van der Waals surface area contributed by atoms with Crippen LogP contribution in [0.1, 0.15) is 98.2 Å². The summed E-state index contributed by atoms with van der Waals surface area (Å²) in [5.74, 6) is -2.42. The number of hydrogen-bond donors (Lipinski definition) is 2. The van der Waals surface area contributed by atoms with Gasteiger partial charge in [-0.25, -0.2) is 0 Å². The maximum absolute atomic E-state index is 14.4. The number of Topliss-reactive ketones (excluding diaryl/α,β-unsaturated/α-hetero) is 2. The van der Waals surface area contributed by atoms with Crippen molar-refractivity contribution in [1.29, 1.82) is 0 Å². The molecule has 1 aromatic carbocycles. The van der Waals surface area contributed by atoms with E-state index in [1.165, 1.54) is 0 Å². The van der Waals surface area contributed by atoms with Gasteiger partial charge in [0.1, 0.15) is 5.78 Å². The van der Waals surface area contributed by atoms with Crippen LogP contribution in [-0.2, 0) is 46.4 Å². The third-order valence-corrected chi connectivity index (χ3v) is 12.9. The van der Waals surface area contributed by atoms with Crippen LogP contribution >= 0.6 is 0 Å². The van der Waals surface area contributed by atoms with Crippen LogP contribution in [0.15, 0.2) is 48.7 Å². The minimum absolute atomic E-state index is 0.0122. The number of methoxy groups -OCH3 is 2. The number of carbonyl (C=O) groups excluding carboxylic acids is 5. The molecule has 0 bridgehead atoms. The quantitative estimate of drug-likeness (QED) is 0.116. The average molecular weight is 849 g/mol. The Bertz CT molecular complexity index is 1700. The van der Waals surface area contributed by atoms with Crippen molar-refractivity contribution in [2.75, 3.05) is 47.6 Å². The van der Waals surface area contributed by atoms with Gasteiger partial charge in [-0.05, 0) is 74.5 Å². The van der Waals surface area contributed by atoms with Crippen LogP contribution in [0.4, 0.5) is 5.69 Å². The number of hydrogen-bond acceptors (Lipinski definition) is 10. The van der Waals surface area contributed by atoms with Crippen LogP contribution in [0.3, 0.4) is 0 Å². The summed E-state index contributed by atoms with van der Waals surface area (Å²) >= 11 is 0. The Morgan fingerprint density at radius 1 is 0.885 bits per heavy atom. The van der Waals surface area contributed by atoms with Crippen molar-refractivity contribution in [2.45, 2.75) is 130 Å². The summed E-state index contributed by atoms with van der Waals surface area (Å²) in [6.07, 6.45) is 3.01. The van der Waals surface area contributed by atoms with Crippen molar-refractivity contribution in [3.63, 3.8) is 0 Å². The van der Waals surface area contributed by atoms with Crippen LogP contribution in [0, 0.1) is 35.5 Å². The number of carbonyl (C=O) groups is 5. The Balaban J connectivity index is 1.79. The van der Waals surface area contributed by atoms with Gasteiger partial charge in [0.25, 0.3) is 0 Å². The van der Waals surface area contributed by atoms with E-state index in [1.54, 1.807) is 44.5 Å². The standard InChI is InChI=1S/C48H76N6O7/c1-13-32(6)45(53(10)48(59)38(30(2)3)27-41(56)44(31(4)5)52(8)9)42(60-11)28-43(57)54-24-16-18-39(54)46(61-12)33(7)40(55)26-35(25-37-17-14-15-23-50-37)47(58)51-29-34-19-21-36(49)22-20-34/h14-15,17,19-23,30-33,35,38-39,42,44-46H,13,16,18,24-29,49H2,1-12H3,(H,51,58)/t32-,33-,35+,38-,39-,42+,44-,45-,46+/m0/s1. The van der Waals surface area contributed by atoms with E-state index >= 15 is 0 Å². The third kappa shape index (κ3) is 14.2. The molecular weight excluding hydrogens is 773 g/mol. The highest BCUT2D eigenvalue weighted by atomic mass is 16.5. The molecule has 0 unspecified atom stereocenters. The molecule has 2 aromatic rings. The van der Waals surface area contributed by atoms with Crippen molar-refractivity contribution in [3.05, 3.63) is 59.9 Å². The molecule has 2 heterocycles. The number of likely N-dealkylation sites (N-methyl/N-ethyl adjacent to an activating group) is 2. The summed E-state index contributed by atoms with van der Waals surface area (Å²) in [4.78, 5) is 80.1. The molecule has 13 heteroatoms. The summed E-state index contributed by atoms with van der Waals surface area (Å²) in [7, 11) is 8.70. The minimum Gasteiger partial charge on any atom is -0.399 e. The molecular formula is C48H76N6O7.